The Kier molecular flexibility index (Phi) is 7.36. The number of carbonyl (C=O) groups excluding carboxylic acids is 1. The van der Waals surface area contributed by atoms with Crippen LogP contribution in [0, 0.1) is 0 Å². The largest absolute Gasteiger partial charge is 1.00 e. The molecule has 1 unspecified atom stereocenters. The maximum atomic E-state index is 10.2. The van der Waals surface area contributed by atoms with Crippen molar-refractivity contribution in [3.63, 3.8) is 0 Å². The van der Waals surface area contributed by atoms with E-state index in [0.29, 0.717) is 0 Å². The van der Waals surface area contributed by atoms with E-state index in [0.717, 1.165) is 0 Å². The molecule has 0 heterocycles. The standard InChI is InChI=1S/C4H10N2O.Li.H/c1-3(7)4(6)2-5;;/h4H,2,5-6H2,1H3;;/q;+1;-1. The number of Topliss-reactive ketones (excluding diaryl/α,β-unsaturated/α-hetero) is 1. The first kappa shape index (κ1) is 11.0. The van der Waals surface area contributed by atoms with E-state index in [-0.39, 0.29) is 32.6 Å². The van der Waals surface area contributed by atoms with Crippen LogP contribution in [0.4, 0.5) is 0 Å². The van der Waals surface area contributed by atoms with Gasteiger partial charge in [-0.15, -0.1) is 0 Å². The predicted molar refractivity (Wildman–Crippen MR) is 28.8 cm³/mol. The molecule has 8 heavy (non-hydrogen) atoms. The molecule has 4 heteroatoms. The van der Waals surface area contributed by atoms with Gasteiger partial charge < -0.3 is 12.9 Å². The van der Waals surface area contributed by atoms with Crippen molar-refractivity contribution in [2.45, 2.75) is 13.0 Å². The molecule has 0 fully saturated rings. The summed E-state index contributed by atoms with van der Waals surface area (Å²) in [5.41, 5.74) is 10.2. The van der Waals surface area contributed by atoms with Crippen molar-refractivity contribution in [3.8, 4) is 0 Å². The van der Waals surface area contributed by atoms with E-state index >= 15 is 0 Å². The number of hydrogen-bond acceptors (Lipinski definition) is 3. The Morgan fingerprint density at radius 1 is 1.88 bits per heavy atom. The van der Waals surface area contributed by atoms with Crippen LogP contribution in [0.5, 0.6) is 0 Å². The van der Waals surface area contributed by atoms with Crippen LogP contribution in [0.15, 0.2) is 0 Å². The zero-order valence-electron chi connectivity index (χ0n) is 6.35. The van der Waals surface area contributed by atoms with Gasteiger partial charge in [-0.3, -0.25) is 4.79 Å². The van der Waals surface area contributed by atoms with Crippen molar-refractivity contribution in [3.05, 3.63) is 0 Å². The summed E-state index contributed by atoms with van der Waals surface area (Å²) in [7, 11) is 0. The van der Waals surface area contributed by atoms with Gasteiger partial charge in [0.25, 0.3) is 0 Å². The Balaban J connectivity index is -0.000000180. The van der Waals surface area contributed by atoms with Crippen LogP contribution in [0.1, 0.15) is 8.35 Å². The van der Waals surface area contributed by atoms with E-state index in [4.69, 9.17) is 11.5 Å². The SMILES string of the molecule is CC(=O)C(N)CN.[H-].[Li+]. The minimum Gasteiger partial charge on any atom is -1.00 e. The molecule has 0 aromatic rings. The van der Waals surface area contributed by atoms with Gasteiger partial charge >= 0.3 is 18.9 Å². The third-order valence-electron chi connectivity index (χ3n) is 0.776. The van der Waals surface area contributed by atoms with Crippen molar-refractivity contribution in [2.24, 2.45) is 11.5 Å². The Bertz CT molecular complexity index is 81.0. The van der Waals surface area contributed by atoms with E-state index in [1.165, 1.54) is 6.92 Å². The van der Waals surface area contributed by atoms with Gasteiger partial charge in [0, 0.05) is 6.54 Å². The minimum atomic E-state index is -0.458. The van der Waals surface area contributed by atoms with E-state index in [9.17, 15) is 4.79 Å². The molecule has 0 saturated carbocycles. The number of nitrogens with two attached hydrogens (primary N) is 2. The van der Waals surface area contributed by atoms with E-state index < -0.39 is 6.04 Å². The first-order chi connectivity index (χ1) is 3.18. The zero-order valence-corrected chi connectivity index (χ0v) is 5.35. The quantitative estimate of drug-likeness (QED) is 0.356. The van der Waals surface area contributed by atoms with Gasteiger partial charge in [-0.05, 0) is 6.92 Å². The fourth-order valence-corrected chi connectivity index (χ4v) is 0.166. The van der Waals surface area contributed by atoms with Crippen molar-refractivity contribution in [2.75, 3.05) is 6.54 Å². The van der Waals surface area contributed by atoms with E-state index in [1.807, 2.05) is 0 Å². The summed E-state index contributed by atoms with van der Waals surface area (Å²) in [5, 5.41) is 0. The molecule has 1 atom stereocenters. The summed E-state index contributed by atoms with van der Waals surface area (Å²) in [5.74, 6) is -0.0532. The van der Waals surface area contributed by atoms with E-state index in [1.54, 1.807) is 0 Å². The smallest absolute Gasteiger partial charge is 1.00 e. The summed E-state index contributed by atoms with van der Waals surface area (Å²) < 4.78 is 0. The van der Waals surface area contributed by atoms with Crippen molar-refractivity contribution in [1.29, 1.82) is 0 Å². The molecular weight excluding hydrogens is 99.0 g/mol. The molecule has 0 aliphatic carbocycles. The Morgan fingerprint density at radius 2 is 2.25 bits per heavy atom. The predicted octanol–water partition coefficient (Wildman–Crippen LogP) is -4.02. The topological polar surface area (TPSA) is 69.1 Å². The summed E-state index contributed by atoms with van der Waals surface area (Å²) in [6.45, 7) is 1.67. The maximum Gasteiger partial charge on any atom is 1.00 e. The molecule has 0 bridgehead atoms. The molecule has 44 valence electrons. The number of carbonyl (C=O) groups is 1. The molecule has 0 aromatic heterocycles. The van der Waals surface area contributed by atoms with Crippen molar-refractivity contribution in [1.82, 2.24) is 0 Å². The molecule has 0 radical (unpaired) electrons. The molecule has 0 amide bonds. The Labute approximate surface area is 62.5 Å². The molecule has 0 spiro atoms. The van der Waals surface area contributed by atoms with Gasteiger partial charge in [0.05, 0.1) is 6.04 Å². The van der Waals surface area contributed by atoms with Gasteiger partial charge in [-0.2, -0.15) is 0 Å². The Hall–Kier alpha value is 0.187. The average molecular weight is 110 g/mol. The van der Waals surface area contributed by atoms with Gasteiger partial charge in [-0.25, -0.2) is 0 Å². The number of ketones is 1. The molecule has 0 aliphatic rings. The summed E-state index contributed by atoms with van der Waals surface area (Å²) in [6, 6.07) is -0.458. The third-order valence-corrected chi connectivity index (χ3v) is 0.776. The first-order valence-electron chi connectivity index (χ1n) is 2.14. The minimum absolute atomic E-state index is 0. The van der Waals surface area contributed by atoms with Crippen molar-refractivity contribution < 1.29 is 25.1 Å². The molecule has 3 nitrogen and oxygen atoms in total. The molecule has 4 N–H and O–H groups in total. The number of hydrogen-bond donors (Lipinski definition) is 2. The monoisotopic (exact) mass is 110 g/mol. The second-order valence-electron chi connectivity index (χ2n) is 1.45. The van der Waals surface area contributed by atoms with Crippen LogP contribution in [0.3, 0.4) is 0 Å². The van der Waals surface area contributed by atoms with Crippen LogP contribution in [0.2, 0.25) is 0 Å². The van der Waals surface area contributed by atoms with Crippen LogP contribution in [0.25, 0.3) is 0 Å². The Morgan fingerprint density at radius 3 is 2.25 bits per heavy atom. The zero-order chi connectivity index (χ0) is 5.86. The van der Waals surface area contributed by atoms with E-state index in [2.05, 4.69) is 0 Å². The van der Waals surface area contributed by atoms with Gasteiger partial charge in [0.15, 0.2) is 0 Å². The fourth-order valence-electron chi connectivity index (χ4n) is 0.166. The molecule has 0 saturated heterocycles. The second kappa shape index (κ2) is 5.33. The summed E-state index contributed by atoms with van der Waals surface area (Å²) in [6.07, 6.45) is 0. The second-order valence-corrected chi connectivity index (χ2v) is 1.45. The molecular formula is C4H11LiN2O. The van der Waals surface area contributed by atoms with Gasteiger partial charge in [0.2, 0.25) is 0 Å². The third kappa shape index (κ3) is 4.35. The normalized spacial score (nSPS) is 11.9. The molecule has 0 aliphatic heterocycles. The van der Waals surface area contributed by atoms with Crippen molar-refractivity contribution >= 4 is 5.78 Å². The molecule has 0 aromatic carbocycles. The van der Waals surface area contributed by atoms with Crippen LogP contribution < -0.4 is 30.3 Å². The fraction of sp³-hybridized carbons (Fsp3) is 0.750. The molecule has 0 rings (SSSR count). The van der Waals surface area contributed by atoms with Crippen LogP contribution in [-0.4, -0.2) is 18.4 Å². The number of rotatable bonds is 2. The first-order valence-corrected chi connectivity index (χ1v) is 2.14. The summed E-state index contributed by atoms with van der Waals surface area (Å²) in [4.78, 5) is 10.2. The van der Waals surface area contributed by atoms with Crippen LogP contribution >= 0.6 is 0 Å². The summed E-state index contributed by atoms with van der Waals surface area (Å²) >= 11 is 0. The average Bonchev–Trinajstić information content (AvgIpc) is 1.65. The van der Waals surface area contributed by atoms with Crippen LogP contribution in [-0.2, 0) is 4.79 Å². The van der Waals surface area contributed by atoms with Gasteiger partial charge in [0.1, 0.15) is 5.78 Å². The van der Waals surface area contributed by atoms with Gasteiger partial charge in [-0.1, -0.05) is 0 Å². The maximum absolute atomic E-state index is 10.2.